The van der Waals surface area contributed by atoms with Crippen molar-refractivity contribution in [3.8, 4) is 0 Å². The number of phosphoric acid groups is 1. The van der Waals surface area contributed by atoms with Gasteiger partial charge in [0, 0.05) is 19.4 Å². The van der Waals surface area contributed by atoms with Crippen molar-refractivity contribution in [3.63, 3.8) is 0 Å². The van der Waals surface area contributed by atoms with Crippen LogP contribution in [0.4, 0.5) is 0 Å². The van der Waals surface area contributed by atoms with Crippen LogP contribution in [-0.4, -0.2) is 49.3 Å². The van der Waals surface area contributed by atoms with Crippen molar-refractivity contribution in [2.45, 2.75) is 341 Å². The summed E-state index contributed by atoms with van der Waals surface area (Å²) in [5, 5.41) is 0. The molecule has 9 nitrogen and oxygen atoms in total. The highest BCUT2D eigenvalue weighted by Gasteiger charge is 2.26. The molecule has 0 aromatic carbocycles. The summed E-state index contributed by atoms with van der Waals surface area (Å²) in [6.45, 7) is 3.63. The second kappa shape index (κ2) is 73.5. The summed E-state index contributed by atoms with van der Waals surface area (Å²) >= 11 is 0. The highest BCUT2D eigenvalue weighted by Crippen LogP contribution is 2.43. The lowest BCUT2D eigenvalue weighted by molar-refractivity contribution is -0.161. The number of esters is 2. The van der Waals surface area contributed by atoms with Crippen LogP contribution in [0.1, 0.15) is 335 Å². The summed E-state index contributed by atoms with van der Waals surface area (Å²) in [6, 6.07) is 0. The highest BCUT2D eigenvalue weighted by atomic mass is 31.2. The Kier molecular flexibility index (Phi) is 70.5. The molecule has 10 heteroatoms. The van der Waals surface area contributed by atoms with E-state index < -0.39 is 26.5 Å². The zero-order valence-corrected chi connectivity index (χ0v) is 58.5. The molecule has 0 bridgehead atoms. The summed E-state index contributed by atoms with van der Waals surface area (Å²) in [5.74, 6) is -0.852. The van der Waals surface area contributed by atoms with E-state index in [0.717, 1.165) is 109 Å². The second-order valence-electron chi connectivity index (χ2n) is 24.4. The molecule has 0 radical (unpaired) electrons. The number of hydrogen-bond acceptors (Lipinski definition) is 8. The Hall–Kier alpha value is -3.59. The van der Waals surface area contributed by atoms with Crippen molar-refractivity contribution in [1.29, 1.82) is 0 Å². The van der Waals surface area contributed by atoms with Crippen molar-refractivity contribution in [3.05, 3.63) is 122 Å². The monoisotopic (exact) mass is 1260 g/mol. The molecule has 0 aliphatic heterocycles. The zero-order valence-electron chi connectivity index (χ0n) is 57.6. The van der Waals surface area contributed by atoms with Crippen LogP contribution >= 0.6 is 7.82 Å². The number of carbonyl (C=O) groups excluding carboxylic acids is 2. The van der Waals surface area contributed by atoms with Crippen LogP contribution in [0.3, 0.4) is 0 Å². The van der Waals surface area contributed by atoms with E-state index in [1.54, 1.807) is 0 Å². The number of unbranched alkanes of at least 4 members (excludes halogenated alkanes) is 36. The Morgan fingerprint density at radius 2 is 0.618 bits per heavy atom. The van der Waals surface area contributed by atoms with Crippen LogP contribution in [0.2, 0.25) is 0 Å². The molecule has 0 amide bonds. The molecule has 0 aliphatic carbocycles. The predicted molar refractivity (Wildman–Crippen MR) is 385 cm³/mol. The third kappa shape index (κ3) is 73.3. The van der Waals surface area contributed by atoms with Gasteiger partial charge in [0.1, 0.15) is 6.61 Å². The van der Waals surface area contributed by atoms with E-state index in [4.69, 9.17) is 24.3 Å². The topological polar surface area (TPSA) is 134 Å². The van der Waals surface area contributed by atoms with Gasteiger partial charge in [-0.25, -0.2) is 4.57 Å². The van der Waals surface area contributed by atoms with Crippen LogP contribution in [0, 0.1) is 0 Å². The van der Waals surface area contributed by atoms with Crippen molar-refractivity contribution >= 4 is 19.8 Å². The Morgan fingerprint density at radius 1 is 0.348 bits per heavy atom. The fourth-order valence-corrected chi connectivity index (χ4v) is 11.2. The highest BCUT2D eigenvalue weighted by molar-refractivity contribution is 7.47. The molecule has 2 atom stereocenters. The van der Waals surface area contributed by atoms with Crippen LogP contribution < -0.4 is 5.73 Å². The van der Waals surface area contributed by atoms with Crippen molar-refractivity contribution < 1.29 is 37.6 Å². The van der Waals surface area contributed by atoms with E-state index in [9.17, 15) is 19.0 Å². The van der Waals surface area contributed by atoms with Crippen LogP contribution in [0.15, 0.2) is 122 Å². The minimum atomic E-state index is -4.41. The molecule has 0 spiro atoms. The molecule has 89 heavy (non-hydrogen) atoms. The first-order valence-corrected chi connectivity index (χ1v) is 38.5. The van der Waals surface area contributed by atoms with E-state index in [0.29, 0.717) is 6.42 Å². The smallest absolute Gasteiger partial charge is 0.462 e. The summed E-state index contributed by atoms with van der Waals surface area (Å²) in [5.41, 5.74) is 5.40. The lowest BCUT2D eigenvalue weighted by Crippen LogP contribution is -2.29. The predicted octanol–water partition coefficient (Wildman–Crippen LogP) is 24.6. The molecule has 2 unspecified atom stereocenters. The van der Waals surface area contributed by atoms with Gasteiger partial charge in [0.2, 0.25) is 0 Å². The van der Waals surface area contributed by atoms with Gasteiger partial charge in [-0.3, -0.25) is 18.6 Å². The number of rotatable bonds is 69. The van der Waals surface area contributed by atoms with E-state index in [1.165, 1.54) is 193 Å². The van der Waals surface area contributed by atoms with E-state index in [2.05, 4.69) is 135 Å². The van der Waals surface area contributed by atoms with Crippen molar-refractivity contribution in [2.75, 3.05) is 26.4 Å². The summed E-state index contributed by atoms with van der Waals surface area (Å²) in [6.07, 6.45) is 103. The Balaban J connectivity index is 3.93. The molecule has 0 aromatic heterocycles. The van der Waals surface area contributed by atoms with Gasteiger partial charge in [-0.15, -0.1) is 0 Å². The molecule has 0 aromatic rings. The fraction of sp³-hybridized carbons (Fsp3) is 0.722. The van der Waals surface area contributed by atoms with E-state index in [1.807, 2.05) is 0 Å². The maximum atomic E-state index is 12.8. The summed E-state index contributed by atoms with van der Waals surface area (Å²) in [4.78, 5) is 35.4. The summed E-state index contributed by atoms with van der Waals surface area (Å²) in [7, 11) is -4.41. The number of phosphoric ester groups is 1. The van der Waals surface area contributed by atoms with Gasteiger partial charge < -0.3 is 20.1 Å². The standard InChI is InChI=1S/C79H138NO8P/c1-3-5-7-9-11-13-15-17-19-21-23-25-27-29-31-33-35-37-38-40-42-44-46-48-50-52-54-56-58-60-62-64-66-68-70-72-79(82)88-77(76-87-89(83,84)86-74-73-80)75-85-78(81)71-69-67-65-63-61-59-57-55-53-51-49-47-45-43-41-39-36-34-32-30-28-26-24-22-20-18-16-14-12-10-8-6-4-2/h5,7,11,13,17,19,23,25,29,31,35,37,40,42,46,48,52,54,58,60,77H,3-4,6,8-10,12,14-16,18,20-22,24,26-28,30,32-34,36,38-39,41,43-45,47,49-51,53,55-57,59,61-76,80H2,1-2H3,(H,83,84)/b7-5-,13-11-,19-17-,25-23-,31-29-,37-35-,42-40-,48-46-,54-52-,60-58-. The SMILES string of the molecule is CC/C=C\C/C=C\C/C=C\C/C=C\C/C=C\C/C=C\C/C=C\C/C=C\C/C=C\C/C=C\CCCCCCC(=O)OC(COC(=O)CCCCCCCCCCCCCCCCCCCCCCCCCCCCCCCCCCC)COP(=O)(O)OCCN. The lowest BCUT2D eigenvalue weighted by atomic mass is 10.0. The first-order valence-electron chi connectivity index (χ1n) is 37.0. The van der Waals surface area contributed by atoms with Crippen LogP contribution in [0.5, 0.6) is 0 Å². The maximum Gasteiger partial charge on any atom is 0.472 e. The second-order valence-corrected chi connectivity index (χ2v) is 25.9. The molecule has 0 fully saturated rings. The Bertz CT molecular complexity index is 1880. The van der Waals surface area contributed by atoms with Gasteiger partial charge in [0.25, 0.3) is 0 Å². The number of carbonyl (C=O) groups is 2. The molecule has 3 N–H and O–H groups in total. The third-order valence-corrected chi connectivity index (χ3v) is 16.8. The number of allylic oxidation sites excluding steroid dienone is 20. The van der Waals surface area contributed by atoms with Gasteiger partial charge in [0.05, 0.1) is 13.2 Å². The summed E-state index contributed by atoms with van der Waals surface area (Å²) < 4.78 is 33.2. The zero-order chi connectivity index (χ0) is 64.4. The van der Waals surface area contributed by atoms with E-state index >= 15 is 0 Å². The minimum absolute atomic E-state index is 0.0442. The molecule has 0 aliphatic rings. The van der Waals surface area contributed by atoms with Gasteiger partial charge >= 0.3 is 19.8 Å². The number of hydrogen-bond donors (Lipinski definition) is 2. The fourth-order valence-electron chi connectivity index (χ4n) is 10.4. The third-order valence-electron chi connectivity index (χ3n) is 15.9. The first kappa shape index (κ1) is 85.4. The normalized spacial score (nSPS) is 13.6. The number of nitrogens with two attached hydrogens (primary N) is 1. The van der Waals surface area contributed by atoms with Gasteiger partial charge in [-0.05, 0) is 89.9 Å². The molecule has 0 saturated heterocycles. The maximum absolute atomic E-state index is 12.8. The van der Waals surface area contributed by atoms with Crippen molar-refractivity contribution in [2.24, 2.45) is 5.73 Å². The molecular formula is C79H138NO8P. The molecule has 0 rings (SSSR count). The Labute approximate surface area is 549 Å². The quantitative estimate of drug-likeness (QED) is 0.0264. The molecule has 512 valence electrons. The average molecular weight is 1260 g/mol. The van der Waals surface area contributed by atoms with Gasteiger partial charge in [-0.1, -0.05) is 354 Å². The van der Waals surface area contributed by atoms with Crippen molar-refractivity contribution in [1.82, 2.24) is 0 Å². The number of ether oxygens (including phenoxy) is 2. The Morgan fingerprint density at radius 3 is 0.921 bits per heavy atom. The van der Waals surface area contributed by atoms with Gasteiger partial charge in [-0.2, -0.15) is 0 Å². The van der Waals surface area contributed by atoms with Crippen LogP contribution in [0.25, 0.3) is 0 Å². The molecular weight excluding hydrogens is 1120 g/mol. The minimum Gasteiger partial charge on any atom is -0.462 e. The molecule has 0 saturated carbocycles. The largest absolute Gasteiger partial charge is 0.472 e. The van der Waals surface area contributed by atoms with Crippen LogP contribution in [-0.2, 0) is 32.7 Å². The average Bonchev–Trinajstić information content (AvgIpc) is 3.66. The molecule has 0 heterocycles. The van der Waals surface area contributed by atoms with Gasteiger partial charge in [0.15, 0.2) is 6.10 Å². The first-order chi connectivity index (χ1) is 43.8. The van der Waals surface area contributed by atoms with E-state index in [-0.39, 0.29) is 38.6 Å². The lowest BCUT2D eigenvalue weighted by Gasteiger charge is -2.19.